The van der Waals surface area contributed by atoms with E-state index < -0.39 is 6.03 Å². The van der Waals surface area contributed by atoms with E-state index in [1.165, 1.54) is 6.21 Å². The van der Waals surface area contributed by atoms with Gasteiger partial charge >= 0.3 is 6.03 Å². The molecule has 5 nitrogen and oxygen atoms in total. The van der Waals surface area contributed by atoms with Crippen LogP contribution in [0.15, 0.2) is 50.4 Å². The number of benzene rings is 2. The molecule has 2 amide bonds. The first-order valence-corrected chi connectivity index (χ1v) is 7.96. The number of carbonyl (C=O) groups excluding carboxylic acids is 1. The summed E-state index contributed by atoms with van der Waals surface area (Å²) in [4.78, 5) is 11.6. The summed E-state index contributed by atoms with van der Waals surface area (Å²) in [5.41, 5.74) is 3.64. The lowest BCUT2D eigenvalue weighted by molar-refractivity contribution is 0.252. The molecule has 0 aliphatic carbocycles. The molecule has 0 atom stereocenters. The van der Waals surface area contributed by atoms with Crippen LogP contribution in [0, 0.1) is 0 Å². The van der Waals surface area contributed by atoms with Gasteiger partial charge in [0.05, 0.1) is 15.2 Å². The predicted molar refractivity (Wildman–Crippen MR) is 94.7 cm³/mol. The van der Waals surface area contributed by atoms with Crippen LogP contribution in [0.2, 0.25) is 5.02 Å². The Bertz CT molecular complexity index is 698. The van der Waals surface area contributed by atoms with E-state index in [1.54, 1.807) is 36.4 Å². The molecule has 8 heteroatoms. The number of phenolic OH excluding ortho intramolecular Hbond substituents is 1. The molecule has 0 saturated carbocycles. The van der Waals surface area contributed by atoms with Gasteiger partial charge in [0.2, 0.25) is 0 Å². The van der Waals surface area contributed by atoms with Crippen molar-refractivity contribution in [3.05, 3.63) is 55.9 Å². The Kier molecular flexibility index (Phi) is 5.82. The van der Waals surface area contributed by atoms with Crippen molar-refractivity contribution in [2.45, 2.75) is 0 Å². The Balaban J connectivity index is 1.94. The van der Waals surface area contributed by atoms with Crippen molar-refractivity contribution in [1.29, 1.82) is 0 Å². The lowest BCUT2D eigenvalue weighted by Crippen LogP contribution is -2.24. The minimum atomic E-state index is -0.476. The van der Waals surface area contributed by atoms with E-state index in [-0.39, 0.29) is 5.75 Å². The van der Waals surface area contributed by atoms with Gasteiger partial charge in [0.15, 0.2) is 0 Å². The van der Waals surface area contributed by atoms with Crippen molar-refractivity contribution in [2.24, 2.45) is 5.10 Å². The lowest BCUT2D eigenvalue weighted by Gasteiger charge is -2.04. The number of phenols is 1. The number of carbonyl (C=O) groups is 1. The first kappa shape index (κ1) is 16.8. The van der Waals surface area contributed by atoms with Crippen molar-refractivity contribution in [3.63, 3.8) is 0 Å². The topological polar surface area (TPSA) is 73.7 Å². The summed E-state index contributed by atoms with van der Waals surface area (Å²) in [7, 11) is 0. The molecule has 0 aromatic heterocycles. The van der Waals surface area contributed by atoms with E-state index in [0.717, 1.165) is 0 Å². The molecular formula is C14H10Br2ClN3O2. The van der Waals surface area contributed by atoms with Gasteiger partial charge in [0, 0.05) is 10.7 Å². The molecule has 2 aromatic carbocycles. The summed E-state index contributed by atoms with van der Waals surface area (Å²) in [5.74, 6) is 0.102. The van der Waals surface area contributed by atoms with E-state index in [1.807, 2.05) is 0 Å². The minimum absolute atomic E-state index is 0.102. The molecule has 0 spiro atoms. The number of nitrogens with zero attached hydrogens (tertiary/aromatic N) is 1. The van der Waals surface area contributed by atoms with E-state index in [9.17, 15) is 9.90 Å². The third-order valence-electron chi connectivity index (χ3n) is 2.52. The third kappa shape index (κ3) is 4.72. The zero-order valence-corrected chi connectivity index (χ0v) is 14.9. The Morgan fingerprint density at radius 1 is 1.18 bits per heavy atom. The molecule has 0 unspecified atom stereocenters. The maximum absolute atomic E-state index is 11.6. The Hall–Kier alpha value is -1.57. The molecule has 2 aromatic rings. The summed E-state index contributed by atoms with van der Waals surface area (Å²) in [5, 5.41) is 16.6. The molecule has 0 saturated heterocycles. The lowest BCUT2D eigenvalue weighted by atomic mass is 10.2. The average Bonchev–Trinajstić information content (AvgIpc) is 2.47. The second kappa shape index (κ2) is 7.62. The molecule has 0 fully saturated rings. The molecule has 3 N–H and O–H groups in total. The van der Waals surface area contributed by atoms with Crippen molar-refractivity contribution in [2.75, 3.05) is 5.32 Å². The van der Waals surface area contributed by atoms with Gasteiger partial charge in [-0.15, -0.1) is 0 Å². The zero-order chi connectivity index (χ0) is 16.1. The van der Waals surface area contributed by atoms with Crippen LogP contribution in [-0.4, -0.2) is 17.4 Å². The zero-order valence-electron chi connectivity index (χ0n) is 11.0. The molecule has 0 bridgehead atoms. The van der Waals surface area contributed by atoms with Gasteiger partial charge in [-0.3, -0.25) is 0 Å². The second-order valence-electron chi connectivity index (χ2n) is 4.16. The standard InChI is InChI=1S/C14H10Br2ClN3O2/c15-11-5-8(6-12(16)13(11)21)7-18-20-14(22)19-10-3-1-9(17)2-4-10/h1-7,21H,(H2,19,20,22)/b18-7-. The number of hydrazone groups is 1. The van der Waals surface area contributed by atoms with Gasteiger partial charge in [-0.05, 0) is 73.8 Å². The largest absolute Gasteiger partial charge is 0.506 e. The van der Waals surface area contributed by atoms with Crippen LogP contribution in [0.1, 0.15) is 5.56 Å². The fraction of sp³-hybridized carbons (Fsp3) is 0. The van der Waals surface area contributed by atoms with Gasteiger partial charge in [-0.2, -0.15) is 5.10 Å². The summed E-state index contributed by atoms with van der Waals surface area (Å²) in [6, 6.07) is 9.57. The quantitative estimate of drug-likeness (QED) is 0.470. The Morgan fingerprint density at radius 2 is 1.77 bits per heavy atom. The highest BCUT2D eigenvalue weighted by Gasteiger charge is 2.05. The monoisotopic (exact) mass is 445 g/mol. The van der Waals surface area contributed by atoms with Crippen molar-refractivity contribution < 1.29 is 9.90 Å². The second-order valence-corrected chi connectivity index (χ2v) is 6.31. The first-order valence-electron chi connectivity index (χ1n) is 5.99. The fourth-order valence-electron chi connectivity index (χ4n) is 1.52. The summed E-state index contributed by atoms with van der Waals surface area (Å²) >= 11 is 12.2. The smallest absolute Gasteiger partial charge is 0.339 e. The number of amides is 2. The fourth-order valence-corrected chi connectivity index (χ4v) is 2.87. The van der Waals surface area contributed by atoms with Crippen molar-refractivity contribution in [3.8, 4) is 5.75 Å². The maximum atomic E-state index is 11.6. The number of nitrogens with one attached hydrogen (secondary N) is 2. The highest BCUT2D eigenvalue weighted by atomic mass is 79.9. The first-order chi connectivity index (χ1) is 10.5. The highest BCUT2D eigenvalue weighted by molar-refractivity contribution is 9.11. The van der Waals surface area contributed by atoms with Gasteiger partial charge in [-0.25, -0.2) is 10.2 Å². The Labute approximate surface area is 148 Å². The molecule has 22 heavy (non-hydrogen) atoms. The van der Waals surface area contributed by atoms with Crippen LogP contribution in [-0.2, 0) is 0 Å². The molecule has 2 rings (SSSR count). The maximum Gasteiger partial charge on any atom is 0.339 e. The normalized spacial score (nSPS) is 10.7. The summed E-state index contributed by atoms with van der Waals surface area (Å²) < 4.78 is 1.04. The van der Waals surface area contributed by atoms with Crippen LogP contribution in [0.5, 0.6) is 5.75 Å². The summed E-state index contributed by atoms with van der Waals surface area (Å²) in [6.45, 7) is 0. The highest BCUT2D eigenvalue weighted by Crippen LogP contribution is 2.32. The number of hydrogen-bond acceptors (Lipinski definition) is 3. The van der Waals surface area contributed by atoms with Crippen LogP contribution in [0.4, 0.5) is 10.5 Å². The van der Waals surface area contributed by atoms with E-state index >= 15 is 0 Å². The molecule has 114 valence electrons. The number of anilines is 1. The number of hydrogen-bond donors (Lipinski definition) is 3. The molecular weight excluding hydrogens is 437 g/mol. The average molecular weight is 448 g/mol. The van der Waals surface area contributed by atoms with Crippen LogP contribution >= 0.6 is 43.5 Å². The molecule has 0 heterocycles. The van der Waals surface area contributed by atoms with E-state index in [2.05, 4.69) is 47.7 Å². The molecule has 0 aliphatic rings. The number of halogens is 3. The summed E-state index contributed by atoms with van der Waals surface area (Å²) in [6.07, 6.45) is 1.45. The SMILES string of the molecule is O=C(N/N=C\c1cc(Br)c(O)c(Br)c1)Nc1ccc(Cl)cc1. The van der Waals surface area contributed by atoms with E-state index in [0.29, 0.717) is 25.2 Å². The molecule has 0 aliphatic heterocycles. The van der Waals surface area contributed by atoms with Crippen LogP contribution < -0.4 is 10.7 Å². The third-order valence-corrected chi connectivity index (χ3v) is 3.98. The van der Waals surface area contributed by atoms with E-state index in [4.69, 9.17) is 11.6 Å². The number of rotatable bonds is 3. The van der Waals surface area contributed by atoms with Gasteiger partial charge in [-0.1, -0.05) is 11.6 Å². The van der Waals surface area contributed by atoms with Crippen LogP contribution in [0.3, 0.4) is 0 Å². The minimum Gasteiger partial charge on any atom is -0.506 e. The van der Waals surface area contributed by atoms with Gasteiger partial charge in [0.25, 0.3) is 0 Å². The van der Waals surface area contributed by atoms with Crippen molar-refractivity contribution >= 4 is 61.4 Å². The van der Waals surface area contributed by atoms with Gasteiger partial charge < -0.3 is 10.4 Å². The van der Waals surface area contributed by atoms with Crippen LogP contribution in [0.25, 0.3) is 0 Å². The predicted octanol–water partition coefficient (Wildman–Crippen LogP) is 4.73. The molecule has 0 radical (unpaired) electrons. The Morgan fingerprint density at radius 3 is 2.36 bits per heavy atom. The van der Waals surface area contributed by atoms with Gasteiger partial charge in [0.1, 0.15) is 5.75 Å². The number of urea groups is 1. The number of aromatic hydroxyl groups is 1. The van der Waals surface area contributed by atoms with Crippen molar-refractivity contribution in [1.82, 2.24) is 5.43 Å².